The molecule has 2 heterocycles. The number of carbonyl (C=O) groups is 1. The van der Waals surface area contributed by atoms with Crippen LogP contribution < -0.4 is 5.32 Å². The zero-order valence-electron chi connectivity index (χ0n) is 19.2. The van der Waals surface area contributed by atoms with Crippen LogP contribution in [-0.4, -0.2) is 58.9 Å². The van der Waals surface area contributed by atoms with E-state index in [1.807, 2.05) is 36.4 Å². The van der Waals surface area contributed by atoms with E-state index in [9.17, 15) is 4.79 Å². The topological polar surface area (TPSA) is 61.4 Å². The molecule has 1 amide bonds. The molecule has 2 aromatic carbocycles. The number of carbonyl (C=O) groups excluding carboxylic acids is 1. The number of halogens is 1. The molecule has 1 aliphatic rings. The van der Waals surface area contributed by atoms with E-state index in [1.165, 1.54) is 6.20 Å². The van der Waals surface area contributed by atoms with Crippen LogP contribution in [0, 0.1) is 0 Å². The summed E-state index contributed by atoms with van der Waals surface area (Å²) >= 11 is 5.96. The van der Waals surface area contributed by atoms with Crippen molar-refractivity contribution in [3.8, 4) is 0 Å². The van der Waals surface area contributed by atoms with E-state index >= 15 is 0 Å². The van der Waals surface area contributed by atoms with Crippen molar-refractivity contribution >= 4 is 23.2 Å². The summed E-state index contributed by atoms with van der Waals surface area (Å²) in [6.07, 6.45) is 3.99. The fraction of sp³-hybridized carbons (Fsp3) is 0.346. The van der Waals surface area contributed by atoms with E-state index in [4.69, 9.17) is 11.6 Å². The molecule has 1 N–H and O–H groups in total. The van der Waals surface area contributed by atoms with Crippen molar-refractivity contribution in [2.24, 2.45) is 0 Å². The maximum Gasteiger partial charge on any atom is 0.255 e. The summed E-state index contributed by atoms with van der Waals surface area (Å²) in [5.41, 5.74) is 4.59. The van der Waals surface area contributed by atoms with E-state index in [0.29, 0.717) is 10.7 Å². The normalized spacial score (nSPS) is 15.8. The number of likely N-dealkylation sites (N-methyl/N-ethyl adjacent to an activating group) is 1. The Morgan fingerprint density at radius 1 is 1.09 bits per heavy atom. The average Bonchev–Trinajstić information content (AvgIpc) is 2.81. The first kappa shape index (κ1) is 23.4. The van der Waals surface area contributed by atoms with Gasteiger partial charge in [0.15, 0.2) is 0 Å². The molecule has 7 heteroatoms. The number of rotatable bonds is 7. The molecule has 0 bridgehead atoms. The Balaban J connectivity index is 1.39. The van der Waals surface area contributed by atoms with Crippen LogP contribution in [0.2, 0.25) is 5.15 Å². The van der Waals surface area contributed by atoms with Crippen molar-refractivity contribution in [3.63, 3.8) is 0 Å². The highest BCUT2D eigenvalue weighted by Crippen LogP contribution is 2.23. The molecule has 0 aliphatic carbocycles. The minimum atomic E-state index is -0.0965. The second kappa shape index (κ2) is 10.9. The largest absolute Gasteiger partial charge is 0.322 e. The van der Waals surface area contributed by atoms with E-state index in [2.05, 4.69) is 51.2 Å². The van der Waals surface area contributed by atoms with Crippen LogP contribution in [0.5, 0.6) is 0 Å². The average molecular weight is 464 g/mol. The highest BCUT2D eigenvalue weighted by molar-refractivity contribution is 6.29. The quantitative estimate of drug-likeness (QED) is 0.560. The maximum atomic E-state index is 12.9. The molecule has 33 heavy (non-hydrogen) atoms. The number of hydrogen-bond acceptors (Lipinski definition) is 5. The molecule has 1 aliphatic heterocycles. The van der Waals surface area contributed by atoms with Gasteiger partial charge in [0, 0.05) is 50.2 Å². The number of hydrogen-bond donors (Lipinski definition) is 1. The molecule has 172 valence electrons. The van der Waals surface area contributed by atoms with Crippen molar-refractivity contribution in [3.05, 3.63) is 88.5 Å². The molecule has 1 atom stereocenters. The Morgan fingerprint density at radius 2 is 1.88 bits per heavy atom. The first-order valence-electron chi connectivity index (χ1n) is 11.3. The number of nitrogens with zero attached hydrogens (tertiary/aromatic N) is 4. The predicted octanol–water partition coefficient (Wildman–Crippen LogP) is 4.48. The van der Waals surface area contributed by atoms with Crippen molar-refractivity contribution < 1.29 is 4.79 Å². The van der Waals surface area contributed by atoms with Gasteiger partial charge in [-0.05, 0) is 54.8 Å². The minimum Gasteiger partial charge on any atom is -0.322 e. The molecule has 0 saturated carbocycles. The molecule has 1 aromatic heterocycles. The fourth-order valence-corrected chi connectivity index (χ4v) is 4.28. The standard InChI is InChI=1S/C26H30ClN5O/c1-19(13-24-16-28-17-25(27)29-24)21-6-4-8-23(15-21)30-26(33)22-7-3-5-20(14-22)18-32-11-9-31(2)10-12-32/h3-8,14-17,19H,9-13,18H2,1-2H3,(H,30,33)/t19-/m1/s1. The van der Waals surface area contributed by atoms with Crippen LogP contribution in [0.4, 0.5) is 5.69 Å². The smallest absolute Gasteiger partial charge is 0.255 e. The molecular formula is C26H30ClN5O. The first-order valence-corrected chi connectivity index (χ1v) is 11.7. The molecule has 3 aromatic rings. The number of anilines is 1. The van der Waals surface area contributed by atoms with Gasteiger partial charge >= 0.3 is 0 Å². The van der Waals surface area contributed by atoms with Crippen LogP contribution in [-0.2, 0) is 13.0 Å². The van der Waals surface area contributed by atoms with Crippen LogP contribution in [0.15, 0.2) is 60.9 Å². The number of nitrogens with one attached hydrogen (secondary N) is 1. The van der Waals surface area contributed by atoms with Crippen LogP contribution >= 0.6 is 11.6 Å². The SMILES string of the molecule is C[C@H](Cc1cncc(Cl)n1)c1cccc(NC(=O)c2cccc(CN3CCN(C)CC3)c2)c1. The van der Waals surface area contributed by atoms with Gasteiger partial charge in [-0.2, -0.15) is 0 Å². The minimum absolute atomic E-state index is 0.0965. The second-order valence-electron chi connectivity index (χ2n) is 8.80. The summed E-state index contributed by atoms with van der Waals surface area (Å²) in [7, 11) is 2.16. The number of amides is 1. The molecule has 0 spiro atoms. The summed E-state index contributed by atoms with van der Waals surface area (Å²) < 4.78 is 0. The third-order valence-electron chi connectivity index (χ3n) is 6.08. The van der Waals surface area contributed by atoms with E-state index < -0.39 is 0 Å². The second-order valence-corrected chi connectivity index (χ2v) is 9.18. The van der Waals surface area contributed by atoms with E-state index in [0.717, 1.165) is 61.7 Å². The van der Waals surface area contributed by atoms with Crippen molar-refractivity contribution in [1.82, 2.24) is 19.8 Å². The predicted molar refractivity (Wildman–Crippen MR) is 133 cm³/mol. The summed E-state index contributed by atoms with van der Waals surface area (Å²) in [6, 6.07) is 15.9. The summed E-state index contributed by atoms with van der Waals surface area (Å²) in [6.45, 7) is 7.27. The monoisotopic (exact) mass is 463 g/mol. The third kappa shape index (κ3) is 6.60. The molecule has 1 saturated heterocycles. The lowest BCUT2D eigenvalue weighted by molar-refractivity contribution is 0.102. The highest BCUT2D eigenvalue weighted by Gasteiger charge is 2.15. The maximum absolute atomic E-state index is 12.9. The lowest BCUT2D eigenvalue weighted by Crippen LogP contribution is -2.43. The van der Waals surface area contributed by atoms with Crippen molar-refractivity contribution in [2.75, 3.05) is 38.5 Å². The molecule has 0 radical (unpaired) electrons. The fourth-order valence-electron chi connectivity index (χ4n) is 4.11. The van der Waals surface area contributed by atoms with Gasteiger partial charge < -0.3 is 10.2 Å². The highest BCUT2D eigenvalue weighted by atomic mass is 35.5. The van der Waals surface area contributed by atoms with Crippen LogP contribution in [0.25, 0.3) is 0 Å². The summed E-state index contributed by atoms with van der Waals surface area (Å²) in [5.74, 6) is 0.113. The Kier molecular flexibility index (Phi) is 7.70. The lowest BCUT2D eigenvalue weighted by atomic mass is 9.96. The molecule has 0 unspecified atom stereocenters. The summed E-state index contributed by atoms with van der Waals surface area (Å²) in [4.78, 5) is 26.2. The number of piperazine rings is 1. The van der Waals surface area contributed by atoms with Gasteiger partial charge in [0.25, 0.3) is 5.91 Å². The zero-order valence-corrected chi connectivity index (χ0v) is 19.9. The Hall–Kier alpha value is -2.80. The van der Waals surface area contributed by atoms with Crippen molar-refractivity contribution in [2.45, 2.75) is 25.8 Å². The van der Waals surface area contributed by atoms with E-state index in [-0.39, 0.29) is 11.8 Å². The summed E-state index contributed by atoms with van der Waals surface area (Å²) in [5, 5.41) is 3.45. The Morgan fingerprint density at radius 3 is 2.67 bits per heavy atom. The number of aromatic nitrogens is 2. The molecule has 1 fully saturated rings. The first-order chi connectivity index (χ1) is 16.0. The van der Waals surface area contributed by atoms with Gasteiger partial charge in [-0.3, -0.25) is 14.7 Å². The third-order valence-corrected chi connectivity index (χ3v) is 6.26. The number of benzene rings is 2. The van der Waals surface area contributed by atoms with Gasteiger partial charge in [-0.1, -0.05) is 42.8 Å². The zero-order chi connectivity index (χ0) is 23.2. The van der Waals surface area contributed by atoms with E-state index in [1.54, 1.807) is 6.20 Å². The Labute approximate surface area is 200 Å². The molecule has 4 rings (SSSR count). The van der Waals surface area contributed by atoms with Gasteiger partial charge in [-0.25, -0.2) is 4.98 Å². The lowest BCUT2D eigenvalue weighted by Gasteiger charge is -2.32. The van der Waals surface area contributed by atoms with Gasteiger partial charge in [0.1, 0.15) is 5.15 Å². The van der Waals surface area contributed by atoms with Crippen LogP contribution in [0.1, 0.15) is 40.0 Å². The van der Waals surface area contributed by atoms with Gasteiger partial charge in [-0.15, -0.1) is 0 Å². The van der Waals surface area contributed by atoms with Crippen LogP contribution in [0.3, 0.4) is 0 Å². The molecular weight excluding hydrogens is 434 g/mol. The molecule has 6 nitrogen and oxygen atoms in total. The van der Waals surface area contributed by atoms with Gasteiger partial charge in [0.2, 0.25) is 0 Å². The van der Waals surface area contributed by atoms with Crippen molar-refractivity contribution in [1.29, 1.82) is 0 Å². The Bertz CT molecular complexity index is 1100. The van der Waals surface area contributed by atoms with Gasteiger partial charge in [0.05, 0.1) is 11.9 Å².